The van der Waals surface area contributed by atoms with Crippen LogP contribution in [-0.4, -0.2) is 16.6 Å². The summed E-state index contributed by atoms with van der Waals surface area (Å²) >= 11 is 0. The van der Waals surface area contributed by atoms with Gasteiger partial charge in [0.2, 0.25) is 5.78 Å². The number of fused-ring (bicyclic) bond motifs is 4. The summed E-state index contributed by atoms with van der Waals surface area (Å²) in [6.07, 6.45) is 8.36. The zero-order chi connectivity index (χ0) is 13.0. The maximum atomic E-state index is 12.0. The van der Waals surface area contributed by atoms with Crippen LogP contribution in [0.4, 0.5) is 0 Å². The van der Waals surface area contributed by atoms with Gasteiger partial charge in [0.05, 0.1) is 5.69 Å². The van der Waals surface area contributed by atoms with Crippen molar-refractivity contribution in [2.75, 3.05) is 0 Å². The Kier molecular flexibility index (Phi) is 1.85. The molecule has 2 aliphatic rings. The Balaban J connectivity index is 2.13. The molecule has 1 heterocycles. The van der Waals surface area contributed by atoms with Gasteiger partial charge in [-0.05, 0) is 58.0 Å². The summed E-state index contributed by atoms with van der Waals surface area (Å²) < 4.78 is 0. The number of nitrogens with one attached hydrogen (secondary N) is 1. The second kappa shape index (κ2) is 3.42. The molecule has 0 saturated carbocycles. The molecule has 2 aliphatic carbocycles. The Bertz CT molecular complexity index is 897. The molecule has 3 nitrogen and oxygen atoms in total. The van der Waals surface area contributed by atoms with Crippen molar-refractivity contribution >= 4 is 29.8 Å². The molecular weight excluding hydrogens is 238 g/mol. The molecule has 0 aliphatic heterocycles. The smallest absolute Gasteiger partial charge is 0.203 e. The van der Waals surface area contributed by atoms with Gasteiger partial charge in [0.25, 0.3) is 0 Å². The fourth-order valence-electron chi connectivity index (χ4n) is 2.66. The summed E-state index contributed by atoms with van der Waals surface area (Å²) in [6.45, 7) is 0. The Morgan fingerprint density at radius 3 is 2.68 bits per heavy atom. The Morgan fingerprint density at radius 2 is 1.79 bits per heavy atom. The SMILES string of the molecule is O=C1C=Cc2cc3c(cc2=C1)-c1cc[nH]c1C(=O)C=3. The first-order chi connectivity index (χ1) is 9.22. The van der Waals surface area contributed by atoms with Gasteiger partial charge in [-0.15, -0.1) is 0 Å². The predicted octanol–water partition coefficient (Wildman–Crippen LogP) is 1.03. The highest BCUT2D eigenvalue weighted by molar-refractivity contribution is 6.22. The van der Waals surface area contributed by atoms with Crippen molar-refractivity contribution in [3.8, 4) is 11.1 Å². The number of aromatic amines is 1. The molecule has 0 radical (unpaired) electrons. The van der Waals surface area contributed by atoms with Crippen LogP contribution in [0.2, 0.25) is 0 Å². The van der Waals surface area contributed by atoms with E-state index in [-0.39, 0.29) is 11.6 Å². The number of hydrogen-bond donors (Lipinski definition) is 1. The number of benzene rings is 1. The molecule has 0 atom stereocenters. The van der Waals surface area contributed by atoms with Gasteiger partial charge in [0.1, 0.15) is 0 Å². The lowest BCUT2D eigenvalue weighted by atomic mass is 9.92. The third-order valence-corrected chi connectivity index (χ3v) is 3.55. The topological polar surface area (TPSA) is 49.9 Å². The molecule has 19 heavy (non-hydrogen) atoms. The van der Waals surface area contributed by atoms with Crippen molar-refractivity contribution < 1.29 is 9.59 Å². The molecule has 4 rings (SSSR count). The van der Waals surface area contributed by atoms with Crippen LogP contribution in [-0.2, 0) is 4.79 Å². The molecular formula is C16H9NO2. The monoisotopic (exact) mass is 247 g/mol. The van der Waals surface area contributed by atoms with Crippen molar-refractivity contribution in [2.45, 2.75) is 0 Å². The quantitative estimate of drug-likeness (QED) is 0.756. The van der Waals surface area contributed by atoms with Crippen molar-refractivity contribution in [3.05, 3.63) is 52.2 Å². The third kappa shape index (κ3) is 1.38. The molecule has 2 aromatic rings. The molecule has 0 fully saturated rings. The second-order valence-corrected chi connectivity index (χ2v) is 4.72. The van der Waals surface area contributed by atoms with Crippen molar-refractivity contribution in [1.82, 2.24) is 4.98 Å². The van der Waals surface area contributed by atoms with Gasteiger partial charge in [-0.2, -0.15) is 0 Å². The van der Waals surface area contributed by atoms with Gasteiger partial charge < -0.3 is 4.98 Å². The molecule has 3 heteroatoms. The highest BCUT2D eigenvalue weighted by Gasteiger charge is 2.19. The lowest BCUT2D eigenvalue weighted by molar-refractivity contribution is -0.109. The van der Waals surface area contributed by atoms with E-state index in [0.29, 0.717) is 5.69 Å². The van der Waals surface area contributed by atoms with Crippen LogP contribution in [0.5, 0.6) is 0 Å². The molecule has 1 aromatic carbocycles. The molecule has 0 amide bonds. The number of rotatable bonds is 0. The van der Waals surface area contributed by atoms with E-state index in [9.17, 15) is 9.59 Å². The zero-order valence-corrected chi connectivity index (χ0v) is 9.94. The van der Waals surface area contributed by atoms with Crippen LogP contribution in [0.15, 0.2) is 30.5 Å². The molecule has 1 aromatic heterocycles. The maximum Gasteiger partial charge on any atom is 0.203 e. The van der Waals surface area contributed by atoms with Crippen LogP contribution in [0, 0.1) is 0 Å². The number of allylic oxidation sites excluding steroid dienone is 1. The van der Waals surface area contributed by atoms with E-state index in [1.807, 2.05) is 18.2 Å². The van der Waals surface area contributed by atoms with Crippen LogP contribution in [0.1, 0.15) is 16.1 Å². The maximum absolute atomic E-state index is 12.0. The second-order valence-electron chi connectivity index (χ2n) is 4.72. The van der Waals surface area contributed by atoms with Gasteiger partial charge in [-0.1, -0.05) is 6.08 Å². The predicted molar refractivity (Wildman–Crippen MR) is 72.8 cm³/mol. The molecule has 90 valence electrons. The van der Waals surface area contributed by atoms with E-state index >= 15 is 0 Å². The summed E-state index contributed by atoms with van der Waals surface area (Å²) in [6, 6.07) is 5.82. The summed E-state index contributed by atoms with van der Waals surface area (Å²) in [5.74, 6) is -0.00935. The summed E-state index contributed by atoms with van der Waals surface area (Å²) in [5, 5.41) is 1.81. The normalized spacial score (nSPS) is 15.2. The largest absolute Gasteiger partial charge is 0.358 e. The van der Waals surface area contributed by atoms with Crippen LogP contribution in [0.3, 0.4) is 0 Å². The lowest BCUT2D eigenvalue weighted by Crippen LogP contribution is -2.23. The third-order valence-electron chi connectivity index (χ3n) is 3.55. The van der Waals surface area contributed by atoms with Gasteiger partial charge in [-0.3, -0.25) is 9.59 Å². The van der Waals surface area contributed by atoms with E-state index in [2.05, 4.69) is 4.98 Å². The number of hydrogen-bond acceptors (Lipinski definition) is 2. The molecule has 0 unspecified atom stereocenters. The Morgan fingerprint density at radius 1 is 0.895 bits per heavy atom. The lowest BCUT2D eigenvalue weighted by Gasteiger charge is -2.11. The average Bonchev–Trinajstić information content (AvgIpc) is 2.87. The standard InChI is InChI=1S/C16H9NO2/c18-12-2-1-9-5-11-8-15(19)16-13(3-4-17-16)14(11)7-10(9)6-12/h1-8,17H. The molecule has 0 saturated heterocycles. The highest BCUT2D eigenvalue weighted by atomic mass is 16.1. The summed E-state index contributed by atoms with van der Waals surface area (Å²) in [5.41, 5.74) is 3.49. The fourth-order valence-corrected chi connectivity index (χ4v) is 2.66. The van der Waals surface area contributed by atoms with E-state index in [0.717, 1.165) is 27.1 Å². The van der Waals surface area contributed by atoms with Crippen molar-refractivity contribution in [3.63, 3.8) is 0 Å². The highest BCUT2D eigenvalue weighted by Crippen LogP contribution is 2.23. The first-order valence-electron chi connectivity index (χ1n) is 6.04. The van der Waals surface area contributed by atoms with Gasteiger partial charge in [0, 0.05) is 11.8 Å². The first kappa shape index (κ1) is 10.3. The van der Waals surface area contributed by atoms with Crippen LogP contribution < -0.4 is 10.4 Å². The number of Topliss-reactive ketones (excluding diaryl/α,β-unsaturated/α-hetero) is 1. The molecule has 0 spiro atoms. The average molecular weight is 247 g/mol. The Labute approximate surface area is 108 Å². The minimum Gasteiger partial charge on any atom is -0.358 e. The number of aromatic nitrogens is 1. The summed E-state index contributed by atoms with van der Waals surface area (Å²) in [7, 11) is 0. The first-order valence-corrected chi connectivity index (χ1v) is 6.04. The summed E-state index contributed by atoms with van der Waals surface area (Å²) in [4.78, 5) is 26.4. The number of H-pyrrole nitrogens is 1. The van der Waals surface area contributed by atoms with E-state index < -0.39 is 0 Å². The van der Waals surface area contributed by atoms with E-state index in [4.69, 9.17) is 0 Å². The zero-order valence-electron chi connectivity index (χ0n) is 9.94. The number of carbonyl (C=O) groups excluding carboxylic acids is 2. The van der Waals surface area contributed by atoms with E-state index in [1.54, 1.807) is 30.5 Å². The molecule has 1 N–H and O–H groups in total. The number of ketones is 2. The number of carbonyl (C=O) groups is 2. The van der Waals surface area contributed by atoms with Gasteiger partial charge >= 0.3 is 0 Å². The van der Waals surface area contributed by atoms with Gasteiger partial charge in [-0.25, -0.2) is 0 Å². The van der Waals surface area contributed by atoms with Crippen molar-refractivity contribution in [1.29, 1.82) is 0 Å². The minimum atomic E-state index is -0.00713. The van der Waals surface area contributed by atoms with Crippen LogP contribution in [0.25, 0.3) is 29.4 Å². The van der Waals surface area contributed by atoms with Crippen molar-refractivity contribution in [2.24, 2.45) is 0 Å². The fraction of sp³-hybridized carbons (Fsp3) is 0. The van der Waals surface area contributed by atoms with Gasteiger partial charge in [0.15, 0.2) is 5.78 Å². The Hall–Kier alpha value is -2.68. The van der Waals surface area contributed by atoms with E-state index in [1.165, 1.54) is 0 Å². The van der Waals surface area contributed by atoms with Crippen LogP contribution >= 0.6 is 0 Å². The minimum absolute atomic E-state index is 0.00222. The molecule has 0 bridgehead atoms.